The van der Waals surface area contributed by atoms with E-state index in [-0.39, 0.29) is 10.6 Å². The van der Waals surface area contributed by atoms with Gasteiger partial charge in [0.15, 0.2) is 0 Å². The molecule has 3 rings (SSSR count). The van der Waals surface area contributed by atoms with E-state index >= 15 is 0 Å². The van der Waals surface area contributed by atoms with Crippen molar-refractivity contribution in [3.63, 3.8) is 0 Å². The van der Waals surface area contributed by atoms with Gasteiger partial charge in [-0.05, 0) is 72.3 Å². The van der Waals surface area contributed by atoms with Crippen LogP contribution in [0, 0.1) is 5.82 Å². The summed E-state index contributed by atoms with van der Waals surface area (Å²) in [5, 5.41) is 3.50. The van der Waals surface area contributed by atoms with E-state index in [0.717, 1.165) is 38.5 Å². The van der Waals surface area contributed by atoms with Crippen molar-refractivity contribution in [3.05, 3.63) is 89.2 Å². The maximum absolute atomic E-state index is 13.4. The topological polar surface area (TPSA) is 75.7 Å². The van der Waals surface area contributed by atoms with Crippen molar-refractivity contribution >= 4 is 45.0 Å². The Hall–Kier alpha value is -2.75. The van der Waals surface area contributed by atoms with Crippen LogP contribution in [0.3, 0.4) is 0 Å². The first-order valence-corrected chi connectivity index (χ1v) is 13.8. The lowest BCUT2D eigenvalue weighted by Crippen LogP contribution is -2.41. The minimum Gasteiger partial charge on any atom is -0.497 e. The number of methoxy groups -OCH3 is 1. The molecule has 0 saturated carbocycles. The van der Waals surface area contributed by atoms with Gasteiger partial charge >= 0.3 is 0 Å². The molecule has 0 fully saturated rings. The molecular formula is C25H26ClFN2O4S2. The summed E-state index contributed by atoms with van der Waals surface area (Å²) in [6.45, 7) is -0.0407. The molecule has 0 heterocycles. The van der Waals surface area contributed by atoms with Gasteiger partial charge in [0.2, 0.25) is 5.91 Å². The summed E-state index contributed by atoms with van der Waals surface area (Å²) in [5.41, 5.74) is 1.24. The van der Waals surface area contributed by atoms with Crippen molar-refractivity contribution in [1.29, 1.82) is 0 Å². The zero-order valence-electron chi connectivity index (χ0n) is 19.1. The van der Waals surface area contributed by atoms with Crippen molar-refractivity contribution in [2.45, 2.75) is 17.1 Å². The number of benzene rings is 3. The summed E-state index contributed by atoms with van der Waals surface area (Å²) in [4.78, 5) is 12.6. The maximum atomic E-state index is 13.4. The van der Waals surface area contributed by atoms with E-state index in [4.69, 9.17) is 16.3 Å². The fourth-order valence-electron chi connectivity index (χ4n) is 3.18. The van der Waals surface area contributed by atoms with Gasteiger partial charge in [0, 0.05) is 17.3 Å². The van der Waals surface area contributed by atoms with Gasteiger partial charge < -0.3 is 10.1 Å². The summed E-state index contributed by atoms with van der Waals surface area (Å²) < 4.78 is 46.2. The molecular weight excluding hydrogens is 511 g/mol. The number of sulfonamides is 1. The smallest absolute Gasteiger partial charge is 0.264 e. The van der Waals surface area contributed by atoms with Gasteiger partial charge in [-0.25, -0.2) is 12.8 Å². The van der Waals surface area contributed by atoms with Crippen LogP contribution in [0.1, 0.15) is 12.0 Å². The summed E-state index contributed by atoms with van der Waals surface area (Å²) in [5.74, 6) is 1.11. The molecule has 3 aromatic rings. The fourth-order valence-corrected chi connectivity index (χ4v) is 5.85. The van der Waals surface area contributed by atoms with Gasteiger partial charge in [-0.1, -0.05) is 29.8 Å². The molecule has 186 valence electrons. The van der Waals surface area contributed by atoms with Crippen molar-refractivity contribution in [3.8, 4) is 5.75 Å². The van der Waals surface area contributed by atoms with Gasteiger partial charge in [0.05, 0.1) is 17.7 Å². The van der Waals surface area contributed by atoms with E-state index in [9.17, 15) is 17.6 Å². The molecule has 0 saturated heterocycles. The fraction of sp³-hybridized carbons (Fsp3) is 0.240. The summed E-state index contributed by atoms with van der Waals surface area (Å²) >= 11 is 7.86. The van der Waals surface area contributed by atoms with Crippen LogP contribution in [0.2, 0.25) is 5.02 Å². The highest BCUT2D eigenvalue weighted by atomic mass is 35.5. The lowest BCUT2D eigenvalue weighted by molar-refractivity contribution is -0.119. The Morgan fingerprint density at radius 2 is 1.74 bits per heavy atom. The Balaban J connectivity index is 1.60. The van der Waals surface area contributed by atoms with Crippen LogP contribution in [0.15, 0.2) is 77.7 Å². The molecule has 0 aromatic heterocycles. The number of thioether (sulfide) groups is 1. The first-order chi connectivity index (χ1) is 16.8. The Bertz CT molecular complexity index is 1220. The Morgan fingerprint density at radius 3 is 2.40 bits per heavy atom. The number of nitrogens with one attached hydrogen (secondary N) is 1. The van der Waals surface area contributed by atoms with Crippen molar-refractivity contribution < 1.29 is 22.3 Å². The third-order valence-electron chi connectivity index (χ3n) is 5.05. The molecule has 0 atom stereocenters. The second-order valence-corrected chi connectivity index (χ2v) is 10.9. The number of carbonyl (C=O) groups excluding carboxylic acids is 1. The first kappa shape index (κ1) is 26.8. The third-order valence-corrected chi connectivity index (χ3v) is 8.30. The molecule has 0 aliphatic heterocycles. The summed E-state index contributed by atoms with van der Waals surface area (Å²) in [6.07, 6.45) is 0.711. The van der Waals surface area contributed by atoms with Crippen LogP contribution >= 0.6 is 23.4 Å². The number of rotatable bonds is 12. The normalized spacial score (nSPS) is 11.2. The largest absolute Gasteiger partial charge is 0.497 e. The van der Waals surface area contributed by atoms with Crippen LogP contribution in [0.5, 0.6) is 5.75 Å². The molecule has 1 N–H and O–H groups in total. The zero-order chi connectivity index (χ0) is 25.3. The monoisotopic (exact) mass is 536 g/mol. The quantitative estimate of drug-likeness (QED) is 0.325. The number of amides is 1. The molecule has 1 amide bonds. The molecule has 35 heavy (non-hydrogen) atoms. The number of nitrogens with zero attached hydrogens (tertiary/aromatic N) is 1. The third kappa shape index (κ3) is 7.62. The number of ether oxygens (including phenoxy) is 1. The van der Waals surface area contributed by atoms with E-state index in [2.05, 4.69) is 5.32 Å². The van der Waals surface area contributed by atoms with E-state index in [1.54, 1.807) is 11.8 Å². The molecule has 0 aliphatic carbocycles. The van der Waals surface area contributed by atoms with Gasteiger partial charge in [-0.3, -0.25) is 9.10 Å². The van der Waals surface area contributed by atoms with E-state index in [1.165, 1.54) is 43.5 Å². The van der Waals surface area contributed by atoms with Gasteiger partial charge in [0.1, 0.15) is 18.1 Å². The molecule has 0 unspecified atom stereocenters. The summed E-state index contributed by atoms with van der Waals surface area (Å²) in [7, 11) is -2.60. The van der Waals surface area contributed by atoms with Crippen LogP contribution in [0.4, 0.5) is 10.1 Å². The number of hydrogen-bond donors (Lipinski definition) is 1. The number of carbonyl (C=O) groups is 1. The lowest BCUT2D eigenvalue weighted by atomic mass is 10.2. The van der Waals surface area contributed by atoms with Gasteiger partial charge in [0.25, 0.3) is 10.0 Å². The van der Waals surface area contributed by atoms with Crippen molar-refractivity contribution in [2.75, 3.05) is 30.3 Å². The molecule has 0 spiro atoms. The van der Waals surface area contributed by atoms with Crippen LogP contribution in [0.25, 0.3) is 0 Å². The van der Waals surface area contributed by atoms with Gasteiger partial charge in [-0.2, -0.15) is 11.8 Å². The summed E-state index contributed by atoms with van der Waals surface area (Å²) in [6, 6.07) is 18.5. The number of anilines is 1. The Morgan fingerprint density at radius 1 is 1.06 bits per heavy atom. The Labute approximate surface area is 214 Å². The van der Waals surface area contributed by atoms with E-state index in [1.807, 2.05) is 24.3 Å². The second kappa shape index (κ2) is 12.8. The minimum absolute atomic E-state index is 0.00797. The van der Waals surface area contributed by atoms with Crippen LogP contribution < -0.4 is 14.4 Å². The van der Waals surface area contributed by atoms with Gasteiger partial charge in [-0.15, -0.1) is 0 Å². The zero-order valence-corrected chi connectivity index (χ0v) is 21.5. The predicted molar refractivity (Wildman–Crippen MR) is 139 cm³/mol. The molecule has 0 bridgehead atoms. The Kier molecular flexibility index (Phi) is 9.83. The molecule has 6 nitrogen and oxygen atoms in total. The SMILES string of the molecule is COc1ccc(S(=O)(=O)N(CC(=O)NCCCSCc2ccccc2Cl)c2ccc(F)cc2)cc1. The molecule has 3 aromatic carbocycles. The van der Waals surface area contributed by atoms with Crippen LogP contribution in [-0.4, -0.2) is 40.3 Å². The number of halogens is 2. The number of hydrogen-bond acceptors (Lipinski definition) is 5. The average Bonchev–Trinajstić information content (AvgIpc) is 2.86. The second-order valence-electron chi connectivity index (χ2n) is 7.51. The first-order valence-electron chi connectivity index (χ1n) is 10.8. The van der Waals surface area contributed by atoms with E-state index < -0.39 is 28.3 Å². The van der Waals surface area contributed by atoms with E-state index in [0.29, 0.717) is 18.7 Å². The lowest BCUT2D eigenvalue weighted by Gasteiger charge is -2.24. The van der Waals surface area contributed by atoms with Crippen molar-refractivity contribution in [1.82, 2.24) is 5.32 Å². The maximum Gasteiger partial charge on any atom is 0.264 e. The molecule has 0 radical (unpaired) electrons. The highest BCUT2D eigenvalue weighted by Gasteiger charge is 2.27. The van der Waals surface area contributed by atoms with Crippen LogP contribution in [-0.2, 0) is 20.6 Å². The van der Waals surface area contributed by atoms with Crippen molar-refractivity contribution in [2.24, 2.45) is 0 Å². The average molecular weight is 537 g/mol. The standard InChI is InChI=1S/C25H26ClFN2O4S2/c1-33-22-11-13-23(14-12-22)35(31,32)29(21-9-7-20(27)8-10-21)17-25(30)28-15-4-16-34-18-19-5-2-3-6-24(19)26/h2-3,5-14H,4,15-18H2,1H3,(H,28,30). The predicted octanol–water partition coefficient (Wildman–Crippen LogP) is 5.12. The minimum atomic E-state index is -4.08. The molecule has 0 aliphatic rings. The molecule has 10 heteroatoms. The highest BCUT2D eigenvalue weighted by Crippen LogP contribution is 2.25. The highest BCUT2D eigenvalue weighted by molar-refractivity contribution is 7.98.